The van der Waals surface area contributed by atoms with Gasteiger partial charge in [-0.05, 0) is 99.7 Å². The molecule has 8 rings (SSSR count). The zero-order valence-corrected chi connectivity index (χ0v) is 33.3. The van der Waals surface area contributed by atoms with Gasteiger partial charge in [0.25, 0.3) is 5.56 Å². The fraction of sp³-hybridized carbons (Fsp3) is 0.455. The Morgan fingerprint density at radius 1 is 0.847 bits per heavy atom. The second-order valence-electron chi connectivity index (χ2n) is 16.4. The molecule has 3 amide bonds. The van der Waals surface area contributed by atoms with Crippen LogP contribution in [0.4, 0.5) is 26.1 Å². The first-order valence-electron chi connectivity index (χ1n) is 20.8. The number of nitrogens with zero attached hydrogens (tertiary/aromatic N) is 6. The molecule has 4 aliphatic rings. The van der Waals surface area contributed by atoms with E-state index >= 15 is 8.78 Å². The van der Waals surface area contributed by atoms with Gasteiger partial charge in [-0.1, -0.05) is 12.1 Å². The number of piperidine rings is 2. The zero-order chi connectivity index (χ0) is 41.0. The SMILES string of the molecule is Cc1ccn(-c2cccc(-c3nc(N[C@H]4CC[C@H](C(=O)N5CCC(CN6CCN(c7ccc(NC8CCC(=O)NC8=O)cc7F)CC6)CC5)CC4)ncc3F)c2)c(=O)c1. The number of hydrogen-bond acceptors (Lipinski definition) is 10. The summed E-state index contributed by atoms with van der Waals surface area (Å²) in [6.07, 6.45) is 8.55. The monoisotopic (exact) mass is 807 g/mol. The fourth-order valence-electron chi connectivity index (χ4n) is 8.92. The summed E-state index contributed by atoms with van der Waals surface area (Å²) in [6, 6.07) is 14.9. The van der Waals surface area contributed by atoms with E-state index in [-0.39, 0.29) is 53.2 Å². The van der Waals surface area contributed by atoms with Gasteiger partial charge in [-0.25, -0.2) is 18.7 Å². The number of pyridine rings is 1. The quantitative estimate of drug-likeness (QED) is 0.185. The van der Waals surface area contributed by atoms with E-state index in [4.69, 9.17) is 0 Å². The molecule has 5 heterocycles. The van der Waals surface area contributed by atoms with Crippen LogP contribution in [0, 0.1) is 30.4 Å². The summed E-state index contributed by atoms with van der Waals surface area (Å²) in [6.45, 7) is 7.45. The Morgan fingerprint density at radius 2 is 1.63 bits per heavy atom. The zero-order valence-electron chi connectivity index (χ0n) is 33.3. The second kappa shape index (κ2) is 17.7. The summed E-state index contributed by atoms with van der Waals surface area (Å²) in [7, 11) is 0. The minimum Gasteiger partial charge on any atom is -0.374 e. The fourth-order valence-corrected chi connectivity index (χ4v) is 8.92. The highest BCUT2D eigenvalue weighted by Crippen LogP contribution is 2.31. The van der Waals surface area contributed by atoms with Gasteiger partial charge in [0.05, 0.1) is 11.9 Å². The minimum atomic E-state index is -0.561. The van der Waals surface area contributed by atoms with Gasteiger partial charge in [-0.3, -0.25) is 34.0 Å². The van der Waals surface area contributed by atoms with Crippen molar-refractivity contribution in [3.8, 4) is 16.9 Å². The van der Waals surface area contributed by atoms with Crippen LogP contribution in [-0.4, -0.2) is 100.0 Å². The summed E-state index contributed by atoms with van der Waals surface area (Å²) in [4.78, 5) is 65.0. The highest BCUT2D eigenvalue weighted by Gasteiger charge is 2.33. The Balaban J connectivity index is 0.763. The third kappa shape index (κ3) is 9.46. The molecule has 2 aromatic carbocycles. The molecule has 3 N–H and O–H groups in total. The summed E-state index contributed by atoms with van der Waals surface area (Å²) in [5, 5.41) is 8.74. The summed E-state index contributed by atoms with van der Waals surface area (Å²) in [5.41, 5.74) is 3.06. The van der Waals surface area contributed by atoms with Gasteiger partial charge in [0, 0.05) is 93.4 Å². The number of aromatic nitrogens is 3. The van der Waals surface area contributed by atoms with Crippen molar-refractivity contribution < 1.29 is 23.2 Å². The lowest BCUT2D eigenvalue weighted by Gasteiger charge is -2.40. The Bertz CT molecular complexity index is 2250. The van der Waals surface area contributed by atoms with Crippen LogP contribution in [0.2, 0.25) is 0 Å². The van der Waals surface area contributed by atoms with Gasteiger partial charge in [-0.15, -0.1) is 0 Å². The molecule has 3 saturated heterocycles. The van der Waals surface area contributed by atoms with E-state index in [1.807, 2.05) is 17.9 Å². The number of halogens is 2. The van der Waals surface area contributed by atoms with Gasteiger partial charge in [0.2, 0.25) is 23.7 Å². The summed E-state index contributed by atoms with van der Waals surface area (Å²) < 4.78 is 31.7. The largest absolute Gasteiger partial charge is 0.374 e. The third-order valence-corrected chi connectivity index (χ3v) is 12.3. The predicted octanol–water partition coefficient (Wildman–Crippen LogP) is 5.13. The number of amides is 3. The Morgan fingerprint density at radius 3 is 2.36 bits per heavy atom. The van der Waals surface area contributed by atoms with Crippen molar-refractivity contribution in [2.24, 2.45) is 11.8 Å². The van der Waals surface area contributed by atoms with Gasteiger partial charge in [0.15, 0.2) is 5.82 Å². The number of benzene rings is 2. The maximum absolute atomic E-state index is 15.2. The highest BCUT2D eigenvalue weighted by atomic mass is 19.1. The first kappa shape index (κ1) is 40.1. The van der Waals surface area contributed by atoms with E-state index in [0.717, 1.165) is 76.8 Å². The van der Waals surface area contributed by atoms with E-state index in [0.29, 0.717) is 54.0 Å². The number of nitrogens with one attached hydrogen (secondary N) is 3. The van der Waals surface area contributed by atoms with Crippen molar-refractivity contribution in [3.63, 3.8) is 0 Å². The van der Waals surface area contributed by atoms with Crippen molar-refractivity contribution >= 4 is 35.0 Å². The van der Waals surface area contributed by atoms with Crippen molar-refractivity contribution in [3.05, 3.63) is 94.5 Å². The number of likely N-dealkylation sites (tertiary alicyclic amines) is 1. The molecule has 4 fully saturated rings. The number of carbonyl (C=O) groups is 3. The molecule has 2 aromatic heterocycles. The average Bonchev–Trinajstić information content (AvgIpc) is 3.23. The molecule has 1 aliphatic carbocycles. The van der Waals surface area contributed by atoms with Crippen LogP contribution >= 0.6 is 0 Å². The standard InChI is InChI=1S/C44H51F2N9O4/c1-28-13-18-55(40(57)23-28)34-4-2-3-31(24-34)41-36(46)26-47-44(51-41)49-32-7-5-30(6-8-32)43(59)54-16-14-29(15-17-54)27-52-19-21-53(22-20-52)38-11-9-33(25-35(38)45)48-37-10-12-39(56)50-42(37)58/h2-4,9,11,13,18,23-26,29-30,32,37,48H,5-8,10,12,14-17,19-22,27H2,1H3,(H,47,49,51)(H,50,56,58)/t30-,32-,37?. The smallest absolute Gasteiger partial charge is 0.255 e. The Hall–Kier alpha value is -5.70. The topological polar surface area (TPSA) is 145 Å². The lowest BCUT2D eigenvalue weighted by Crippen LogP contribution is -2.50. The predicted molar refractivity (Wildman–Crippen MR) is 221 cm³/mol. The number of anilines is 3. The van der Waals surface area contributed by atoms with Gasteiger partial charge in [-0.2, -0.15) is 0 Å². The van der Waals surface area contributed by atoms with E-state index in [1.54, 1.807) is 48.7 Å². The molecule has 4 aromatic rings. The van der Waals surface area contributed by atoms with Gasteiger partial charge < -0.3 is 20.4 Å². The molecule has 0 spiro atoms. The van der Waals surface area contributed by atoms with Crippen LogP contribution < -0.4 is 26.4 Å². The normalized spacial score (nSPS) is 21.9. The van der Waals surface area contributed by atoms with Crippen molar-refractivity contribution in [2.45, 2.75) is 70.4 Å². The van der Waals surface area contributed by atoms with E-state index in [1.165, 1.54) is 16.8 Å². The van der Waals surface area contributed by atoms with Crippen molar-refractivity contribution in [1.29, 1.82) is 0 Å². The van der Waals surface area contributed by atoms with E-state index in [2.05, 4.69) is 35.7 Å². The van der Waals surface area contributed by atoms with Gasteiger partial charge in [0.1, 0.15) is 17.6 Å². The molecule has 1 saturated carbocycles. The van der Waals surface area contributed by atoms with Crippen molar-refractivity contribution in [2.75, 3.05) is 61.3 Å². The molecule has 15 heteroatoms. The first-order chi connectivity index (χ1) is 28.6. The number of rotatable bonds is 10. The van der Waals surface area contributed by atoms with Crippen LogP contribution in [0.3, 0.4) is 0 Å². The highest BCUT2D eigenvalue weighted by molar-refractivity contribution is 6.01. The third-order valence-electron chi connectivity index (χ3n) is 12.3. The van der Waals surface area contributed by atoms with Crippen LogP contribution in [0.15, 0.2) is 71.8 Å². The lowest BCUT2D eigenvalue weighted by molar-refractivity contribution is -0.138. The molecule has 59 heavy (non-hydrogen) atoms. The lowest BCUT2D eigenvalue weighted by atomic mass is 9.84. The molecule has 1 unspecified atom stereocenters. The number of hydrogen-bond donors (Lipinski definition) is 3. The van der Waals surface area contributed by atoms with Crippen LogP contribution in [-0.2, 0) is 14.4 Å². The number of imide groups is 1. The second-order valence-corrected chi connectivity index (χ2v) is 16.4. The van der Waals surface area contributed by atoms with Crippen LogP contribution in [0.5, 0.6) is 0 Å². The van der Waals surface area contributed by atoms with Crippen LogP contribution in [0.1, 0.15) is 56.9 Å². The molecule has 3 aliphatic heterocycles. The maximum atomic E-state index is 15.2. The Kier molecular flexibility index (Phi) is 12.0. The molecular weight excluding hydrogens is 757 g/mol. The number of piperazine rings is 1. The van der Waals surface area contributed by atoms with Crippen molar-refractivity contribution in [1.82, 2.24) is 29.7 Å². The molecule has 0 bridgehead atoms. The minimum absolute atomic E-state index is 0.0158. The molecule has 1 atom stereocenters. The number of carbonyl (C=O) groups excluding carboxylic acids is 3. The van der Waals surface area contributed by atoms with Gasteiger partial charge >= 0.3 is 0 Å². The number of aryl methyl sites for hydroxylation is 1. The maximum Gasteiger partial charge on any atom is 0.255 e. The molecule has 13 nitrogen and oxygen atoms in total. The average molecular weight is 808 g/mol. The molecular formula is C44H51F2N9O4. The Labute approximate surface area is 342 Å². The first-order valence-corrected chi connectivity index (χ1v) is 20.8. The van der Waals surface area contributed by atoms with E-state index in [9.17, 15) is 19.2 Å². The molecule has 0 radical (unpaired) electrons. The molecule has 310 valence electrons. The summed E-state index contributed by atoms with van der Waals surface area (Å²) in [5.74, 6) is -0.501. The van der Waals surface area contributed by atoms with Crippen LogP contribution in [0.25, 0.3) is 16.9 Å². The van der Waals surface area contributed by atoms with E-state index < -0.39 is 11.9 Å². The summed E-state index contributed by atoms with van der Waals surface area (Å²) >= 11 is 0.